The highest BCUT2D eigenvalue weighted by atomic mass is 35.5. The largest absolute Gasteiger partial charge is 0.481 e. The van der Waals surface area contributed by atoms with Crippen LogP contribution in [0.1, 0.15) is 36.4 Å². The summed E-state index contributed by atoms with van der Waals surface area (Å²) in [6, 6.07) is 14.7. The van der Waals surface area contributed by atoms with Crippen molar-refractivity contribution in [2.45, 2.75) is 25.7 Å². The Labute approximate surface area is 201 Å². The van der Waals surface area contributed by atoms with E-state index in [-0.39, 0.29) is 23.2 Å². The van der Waals surface area contributed by atoms with E-state index in [9.17, 15) is 9.59 Å². The first kappa shape index (κ1) is 22.2. The molecule has 1 saturated carbocycles. The zero-order valence-electron chi connectivity index (χ0n) is 18.3. The fourth-order valence-electron chi connectivity index (χ4n) is 4.80. The van der Waals surface area contributed by atoms with Crippen molar-refractivity contribution in [2.75, 3.05) is 28.6 Å². The number of nitrogens with zero attached hydrogens (tertiary/aromatic N) is 3. The third-order valence-electron chi connectivity index (χ3n) is 6.72. The van der Waals surface area contributed by atoms with Crippen molar-refractivity contribution in [2.24, 2.45) is 11.3 Å². The van der Waals surface area contributed by atoms with Gasteiger partial charge in [0.25, 0.3) is 0 Å². The summed E-state index contributed by atoms with van der Waals surface area (Å²) in [5, 5.41) is 23.0. The summed E-state index contributed by atoms with van der Waals surface area (Å²) in [6.45, 7) is 1.81. The maximum absolute atomic E-state index is 12.5. The average Bonchev–Trinajstić information content (AvgIpc) is 3.27. The lowest BCUT2D eigenvalue weighted by Gasteiger charge is -2.51. The number of nitrogens with one attached hydrogen (secondary N) is 2. The fraction of sp³-hybridized carbons (Fsp3) is 0.333. The summed E-state index contributed by atoms with van der Waals surface area (Å²) in [6.07, 6.45) is 3.62. The number of rotatable bonds is 6. The van der Waals surface area contributed by atoms with Crippen LogP contribution in [0.25, 0.3) is 0 Å². The molecule has 10 heteroatoms. The van der Waals surface area contributed by atoms with Gasteiger partial charge in [0, 0.05) is 35.2 Å². The van der Waals surface area contributed by atoms with Crippen molar-refractivity contribution in [1.82, 2.24) is 10.2 Å². The molecule has 2 fully saturated rings. The molecule has 2 aromatic carbocycles. The Morgan fingerprint density at radius 1 is 1.06 bits per heavy atom. The number of carbonyl (C=O) groups excluding carboxylic acids is 1. The maximum atomic E-state index is 12.5. The summed E-state index contributed by atoms with van der Waals surface area (Å²) >= 11 is 5.96. The second-order valence-corrected chi connectivity index (χ2v) is 9.42. The van der Waals surface area contributed by atoms with Crippen molar-refractivity contribution in [1.29, 1.82) is 0 Å². The molecule has 0 unspecified atom stereocenters. The lowest BCUT2D eigenvalue weighted by atomic mass is 9.57. The number of aliphatic carboxylic acids is 1. The fourth-order valence-corrected chi connectivity index (χ4v) is 4.99. The van der Waals surface area contributed by atoms with Gasteiger partial charge in [0.05, 0.1) is 5.92 Å². The number of halogens is 1. The highest BCUT2D eigenvalue weighted by Gasteiger charge is 2.48. The normalized spacial score (nSPS) is 17.3. The molecule has 176 valence electrons. The van der Waals surface area contributed by atoms with E-state index in [1.807, 2.05) is 24.3 Å². The van der Waals surface area contributed by atoms with Crippen LogP contribution >= 0.6 is 11.6 Å². The van der Waals surface area contributed by atoms with Crippen LogP contribution in [-0.2, 0) is 4.79 Å². The van der Waals surface area contributed by atoms with E-state index in [2.05, 4.69) is 25.7 Å². The molecule has 1 aliphatic heterocycles. The molecule has 1 spiro atoms. The summed E-state index contributed by atoms with van der Waals surface area (Å²) in [5.74, 6) is -1.50. The molecule has 2 aliphatic rings. The molecule has 0 atom stereocenters. The first-order valence-electron chi connectivity index (χ1n) is 11.1. The first-order chi connectivity index (χ1) is 16.4. The van der Waals surface area contributed by atoms with Gasteiger partial charge < -0.3 is 25.1 Å². The van der Waals surface area contributed by atoms with Gasteiger partial charge in [-0.3, -0.25) is 9.59 Å². The monoisotopic (exact) mass is 481 g/mol. The SMILES string of the molecule is O=C(Nc1ccc(N2CCC3(CC2)CC(C(=O)O)C3)cc1)c1nnc(Nc2cccc(Cl)c2)o1. The van der Waals surface area contributed by atoms with Gasteiger partial charge in [0.2, 0.25) is 0 Å². The number of hydrogen-bond acceptors (Lipinski definition) is 7. The Kier molecular flexibility index (Phi) is 5.87. The summed E-state index contributed by atoms with van der Waals surface area (Å²) < 4.78 is 5.40. The van der Waals surface area contributed by atoms with Crippen molar-refractivity contribution >= 4 is 46.6 Å². The molecule has 34 heavy (non-hydrogen) atoms. The minimum atomic E-state index is -0.667. The molecule has 1 aromatic heterocycles. The topological polar surface area (TPSA) is 121 Å². The standard InChI is InChI=1S/C24H24ClN5O4/c25-16-2-1-3-18(12-16)27-23-29-28-21(34-23)20(31)26-17-4-6-19(7-5-17)30-10-8-24(9-11-30)13-15(14-24)22(32)33/h1-7,12,15H,8-11,13-14H2,(H,26,31)(H,27,29)(H,32,33). The van der Waals surface area contributed by atoms with Gasteiger partial charge >= 0.3 is 23.8 Å². The summed E-state index contributed by atoms with van der Waals surface area (Å²) in [5.41, 5.74) is 2.57. The van der Waals surface area contributed by atoms with E-state index in [0.717, 1.165) is 44.5 Å². The zero-order chi connectivity index (χ0) is 23.7. The summed E-state index contributed by atoms with van der Waals surface area (Å²) in [7, 11) is 0. The van der Waals surface area contributed by atoms with Crippen molar-refractivity contribution in [3.63, 3.8) is 0 Å². The molecule has 0 radical (unpaired) electrons. The van der Waals surface area contributed by atoms with Gasteiger partial charge in [0.15, 0.2) is 0 Å². The first-order valence-corrected chi connectivity index (χ1v) is 11.5. The van der Waals surface area contributed by atoms with Crippen LogP contribution in [0.4, 0.5) is 23.1 Å². The lowest BCUT2D eigenvalue weighted by molar-refractivity contribution is -0.151. The van der Waals surface area contributed by atoms with Gasteiger partial charge in [0.1, 0.15) is 0 Å². The second-order valence-electron chi connectivity index (χ2n) is 8.98. The van der Waals surface area contributed by atoms with E-state index >= 15 is 0 Å². The van der Waals surface area contributed by atoms with Crippen molar-refractivity contribution < 1.29 is 19.1 Å². The molecule has 3 N–H and O–H groups in total. The van der Waals surface area contributed by atoms with E-state index in [0.29, 0.717) is 16.4 Å². The number of carboxylic acid groups (broad SMARTS) is 1. The van der Waals surface area contributed by atoms with Crippen LogP contribution in [-0.4, -0.2) is 40.3 Å². The van der Waals surface area contributed by atoms with Crippen LogP contribution in [0.15, 0.2) is 52.9 Å². The van der Waals surface area contributed by atoms with Gasteiger partial charge in [-0.05, 0) is 73.6 Å². The third-order valence-corrected chi connectivity index (χ3v) is 6.95. The molecular formula is C24H24ClN5O4. The number of aromatic nitrogens is 2. The van der Waals surface area contributed by atoms with Gasteiger partial charge in [-0.15, -0.1) is 5.10 Å². The van der Waals surface area contributed by atoms with Crippen LogP contribution in [0, 0.1) is 11.3 Å². The lowest BCUT2D eigenvalue weighted by Crippen LogP contribution is -2.49. The molecule has 2 heterocycles. The van der Waals surface area contributed by atoms with E-state index in [4.69, 9.17) is 21.1 Å². The number of anilines is 4. The van der Waals surface area contributed by atoms with Crippen molar-refractivity contribution in [3.05, 3.63) is 59.4 Å². The number of benzene rings is 2. The summed E-state index contributed by atoms with van der Waals surface area (Å²) in [4.78, 5) is 25.9. The highest BCUT2D eigenvalue weighted by molar-refractivity contribution is 6.30. The van der Waals surface area contributed by atoms with E-state index < -0.39 is 11.9 Å². The number of amides is 1. The quantitative estimate of drug-likeness (QED) is 0.459. The van der Waals surface area contributed by atoms with E-state index in [1.165, 1.54) is 0 Å². The number of hydrogen-bond donors (Lipinski definition) is 3. The smallest absolute Gasteiger partial charge is 0.320 e. The molecule has 9 nitrogen and oxygen atoms in total. The van der Waals surface area contributed by atoms with Crippen molar-refractivity contribution in [3.8, 4) is 0 Å². The molecular weight excluding hydrogens is 458 g/mol. The number of piperidine rings is 1. The van der Waals surface area contributed by atoms with Crippen LogP contribution in [0.5, 0.6) is 0 Å². The van der Waals surface area contributed by atoms with Crippen LogP contribution in [0.3, 0.4) is 0 Å². The maximum Gasteiger partial charge on any atom is 0.320 e. The molecule has 1 aliphatic carbocycles. The van der Waals surface area contributed by atoms with Crippen LogP contribution < -0.4 is 15.5 Å². The second kappa shape index (κ2) is 8.98. The van der Waals surface area contributed by atoms with E-state index in [1.54, 1.807) is 24.3 Å². The van der Waals surface area contributed by atoms with Gasteiger partial charge in [-0.2, -0.15) is 0 Å². The third kappa shape index (κ3) is 4.70. The minimum absolute atomic E-state index is 0.0896. The predicted molar refractivity (Wildman–Crippen MR) is 128 cm³/mol. The highest BCUT2D eigenvalue weighted by Crippen LogP contribution is 2.52. The molecule has 5 rings (SSSR count). The Morgan fingerprint density at radius 2 is 1.79 bits per heavy atom. The molecule has 1 saturated heterocycles. The predicted octanol–water partition coefficient (Wildman–Crippen LogP) is 4.80. The molecule has 0 bridgehead atoms. The molecule has 1 amide bonds. The van der Waals surface area contributed by atoms with Gasteiger partial charge in [-0.1, -0.05) is 22.8 Å². The number of carboxylic acids is 1. The Balaban J connectivity index is 1.14. The minimum Gasteiger partial charge on any atom is -0.481 e. The number of carbonyl (C=O) groups is 2. The Bertz CT molecular complexity index is 1200. The Morgan fingerprint density at radius 3 is 2.47 bits per heavy atom. The molecule has 3 aromatic rings. The average molecular weight is 482 g/mol. The van der Waals surface area contributed by atoms with Crippen LogP contribution in [0.2, 0.25) is 5.02 Å². The van der Waals surface area contributed by atoms with Gasteiger partial charge in [-0.25, -0.2) is 0 Å². The Hall–Kier alpha value is -3.59. The zero-order valence-corrected chi connectivity index (χ0v) is 19.1.